The highest BCUT2D eigenvalue weighted by Crippen LogP contribution is 2.22. The van der Waals surface area contributed by atoms with Crippen LogP contribution < -0.4 is 10.6 Å². The van der Waals surface area contributed by atoms with Crippen molar-refractivity contribution in [2.75, 3.05) is 31.3 Å². The predicted octanol–water partition coefficient (Wildman–Crippen LogP) is 1.43. The van der Waals surface area contributed by atoms with Crippen LogP contribution in [-0.4, -0.2) is 31.7 Å². The SMILES string of the molecule is COC(=O)CCN(C)c1ncc(Br)cc1N. The van der Waals surface area contributed by atoms with E-state index in [9.17, 15) is 4.79 Å². The van der Waals surface area contributed by atoms with Crippen LogP contribution in [-0.2, 0) is 9.53 Å². The van der Waals surface area contributed by atoms with E-state index in [1.165, 1.54) is 7.11 Å². The topological polar surface area (TPSA) is 68.5 Å². The number of carbonyl (C=O) groups excluding carboxylic acids is 1. The molecule has 0 aliphatic heterocycles. The highest BCUT2D eigenvalue weighted by Gasteiger charge is 2.09. The number of nitrogen functional groups attached to an aromatic ring is 1. The Hall–Kier alpha value is -1.30. The molecule has 0 spiro atoms. The lowest BCUT2D eigenvalue weighted by molar-refractivity contribution is -0.140. The van der Waals surface area contributed by atoms with E-state index in [4.69, 9.17) is 5.73 Å². The first-order valence-corrected chi connectivity index (χ1v) is 5.53. The Morgan fingerprint density at radius 3 is 2.94 bits per heavy atom. The predicted molar refractivity (Wildman–Crippen MR) is 66.3 cm³/mol. The molecule has 1 aromatic heterocycles. The summed E-state index contributed by atoms with van der Waals surface area (Å²) in [5, 5.41) is 0. The van der Waals surface area contributed by atoms with Crippen molar-refractivity contribution in [3.63, 3.8) is 0 Å². The first-order chi connectivity index (χ1) is 7.54. The molecule has 1 heterocycles. The van der Waals surface area contributed by atoms with Crippen molar-refractivity contribution in [1.82, 2.24) is 4.98 Å². The van der Waals surface area contributed by atoms with Crippen LogP contribution >= 0.6 is 15.9 Å². The lowest BCUT2D eigenvalue weighted by Crippen LogP contribution is -2.23. The number of carbonyl (C=O) groups is 1. The van der Waals surface area contributed by atoms with E-state index >= 15 is 0 Å². The first-order valence-electron chi connectivity index (χ1n) is 4.73. The van der Waals surface area contributed by atoms with Crippen LogP contribution in [0.3, 0.4) is 0 Å². The lowest BCUT2D eigenvalue weighted by Gasteiger charge is -2.19. The van der Waals surface area contributed by atoms with Crippen molar-refractivity contribution >= 4 is 33.4 Å². The minimum atomic E-state index is -0.248. The zero-order chi connectivity index (χ0) is 12.1. The van der Waals surface area contributed by atoms with E-state index in [0.29, 0.717) is 24.5 Å². The number of nitrogens with two attached hydrogens (primary N) is 1. The van der Waals surface area contributed by atoms with Gasteiger partial charge in [-0.1, -0.05) is 0 Å². The molecule has 0 aromatic carbocycles. The summed E-state index contributed by atoms with van der Waals surface area (Å²) in [6.45, 7) is 0.519. The molecule has 0 unspecified atom stereocenters. The van der Waals surface area contributed by atoms with Crippen LogP contribution in [0, 0.1) is 0 Å². The molecular formula is C10H14BrN3O2. The van der Waals surface area contributed by atoms with Crippen molar-refractivity contribution < 1.29 is 9.53 Å². The fraction of sp³-hybridized carbons (Fsp3) is 0.400. The van der Waals surface area contributed by atoms with E-state index in [1.54, 1.807) is 12.3 Å². The molecule has 16 heavy (non-hydrogen) atoms. The van der Waals surface area contributed by atoms with Crippen molar-refractivity contribution in [2.45, 2.75) is 6.42 Å². The minimum absolute atomic E-state index is 0.248. The molecule has 0 radical (unpaired) electrons. The van der Waals surface area contributed by atoms with Crippen LogP contribution in [0.15, 0.2) is 16.7 Å². The van der Waals surface area contributed by atoms with Gasteiger partial charge in [-0.3, -0.25) is 4.79 Å². The monoisotopic (exact) mass is 287 g/mol. The van der Waals surface area contributed by atoms with Crippen molar-refractivity contribution in [2.24, 2.45) is 0 Å². The number of hydrogen-bond donors (Lipinski definition) is 1. The molecule has 0 saturated carbocycles. The summed E-state index contributed by atoms with van der Waals surface area (Å²) in [4.78, 5) is 17.0. The fourth-order valence-corrected chi connectivity index (χ4v) is 1.58. The summed E-state index contributed by atoms with van der Waals surface area (Å²) in [6, 6.07) is 1.77. The van der Waals surface area contributed by atoms with Gasteiger partial charge in [-0.25, -0.2) is 4.98 Å². The Bertz CT molecular complexity index is 384. The number of nitrogens with zero attached hydrogens (tertiary/aromatic N) is 2. The molecular weight excluding hydrogens is 274 g/mol. The molecule has 2 N–H and O–H groups in total. The van der Waals surface area contributed by atoms with Crippen molar-refractivity contribution in [1.29, 1.82) is 0 Å². The number of esters is 1. The van der Waals surface area contributed by atoms with Crippen LogP contribution in [0.2, 0.25) is 0 Å². The molecule has 0 aliphatic carbocycles. The maximum atomic E-state index is 11.0. The van der Waals surface area contributed by atoms with Gasteiger partial charge in [0.25, 0.3) is 0 Å². The molecule has 0 fully saturated rings. The molecule has 0 amide bonds. The maximum absolute atomic E-state index is 11.0. The number of ether oxygens (including phenoxy) is 1. The number of methoxy groups -OCH3 is 1. The summed E-state index contributed by atoms with van der Waals surface area (Å²) in [5.41, 5.74) is 6.38. The van der Waals surface area contributed by atoms with Gasteiger partial charge in [0.1, 0.15) is 0 Å². The number of rotatable bonds is 4. The lowest BCUT2D eigenvalue weighted by atomic mass is 10.3. The Morgan fingerprint density at radius 1 is 1.69 bits per heavy atom. The maximum Gasteiger partial charge on any atom is 0.307 e. The Morgan fingerprint density at radius 2 is 2.38 bits per heavy atom. The number of aromatic nitrogens is 1. The van der Waals surface area contributed by atoms with Gasteiger partial charge in [0.2, 0.25) is 0 Å². The molecule has 0 aliphatic rings. The standard InChI is InChI=1S/C10H14BrN3O2/c1-14(4-3-9(15)16-2)10-8(12)5-7(11)6-13-10/h5-6H,3-4,12H2,1-2H3. The zero-order valence-electron chi connectivity index (χ0n) is 9.24. The van der Waals surface area contributed by atoms with E-state index < -0.39 is 0 Å². The van der Waals surface area contributed by atoms with Gasteiger partial charge in [-0.15, -0.1) is 0 Å². The first kappa shape index (κ1) is 12.8. The second kappa shape index (κ2) is 5.69. The van der Waals surface area contributed by atoms with E-state index in [1.807, 2.05) is 11.9 Å². The third-order valence-electron chi connectivity index (χ3n) is 2.10. The summed E-state index contributed by atoms with van der Waals surface area (Å²) in [5.74, 6) is 0.412. The molecule has 6 heteroatoms. The quantitative estimate of drug-likeness (QED) is 0.849. The molecule has 0 bridgehead atoms. The van der Waals surface area contributed by atoms with Gasteiger partial charge in [-0.05, 0) is 22.0 Å². The Kier molecular flexibility index (Phi) is 4.54. The van der Waals surface area contributed by atoms with E-state index in [0.717, 1.165) is 4.47 Å². The second-order valence-corrected chi connectivity index (χ2v) is 4.23. The molecule has 0 atom stereocenters. The van der Waals surface area contributed by atoms with Gasteiger partial charge in [0.05, 0.1) is 19.2 Å². The summed E-state index contributed by atoms with van der Waals surface area (Å²) in [6.07, 6.45) is 1.98. The van der Waals surface area contributed by atoms with Crippen LogP contribution in [0.4, 0.5) is 11.5 Å². The number of pyridine rings is 1. The second-order valence-electron chi connectivity index (χ2n) is 3.31. The van der Waals surface area contributed by atoms with Crippen molar-refractivity contribution in [3.8, 4) is 0 Å². The third kappa shape index (κ3) is 3.37. The Balaban J connectivity index is 2.65. The Labute approximate surface area is 103 Å². The highest BCUT2D eigenvalue weighted by atomic mass is 79.9. The van der Waals surface area contributed by atoms with Gasteiger partial charge >= 0.3 is 5.97 Å². The summed E-state index contributed by atoms with van der Waals surface area (Å²) < 4.78 is 5.39. The van der Waals surface area contributed by atoms with Gasteiger partial charge < -0.3 is 15.4 Å². The number of hydrogen-bond acceptors (Lipinski definition) is 5. The molecule has 88 valence electrons. The van der Waals surface area contributed by atoms with Crippen molar-refractivity contribution in [3.05, 3.63) is 16.7 Å². The molecule has 0 saturated heterocycles. The normalized spacial score (nSPS) is 9.94. The van der Waals surface area contributed by atoms with Gasteiger partial charge in [0.15, 0.2) is 5.82 Å². The largest absolute Gasteiger partial charge is 0.469 e. The molecule has 5 nitrogen and oxygen atoms in total. The highest BCUT2D eigenvalue weighted by molar-refractivity contribution is 9.10. The average molecular weight is 288 g/mol. The third-order valence-corrected chi connectivity index (χ3v) is 2.54. The van der Waals surface area contributed by atoms with Crippen LogP contribution in [0.5, 0.6) is 0 Å². The fourth-order valence-electron chi connectivity index (χ4n) is 1.23. The molecule has 1 rings (SSSR count). The average Bonchev–Trinajstić information content (AvgIpc) is 2.25. The summed E-state index contributed by atoms with van der Waals surface area (Å²) in [7, 11) is 3.20. The smallest absolute Gasteiger partial charge is 0.307 e. The molecule has 1 aromatic rings. The zero-order valence-corrected chi connectivity index (χ0v) is 10.8. The van der Waals surface area contributed by atoms with Gasteiger partial charge in [0, 0.05) is 24.3 Å². The van der Waals surface area contributed by atoms with Crippen LogP contribution in [0.25, 0.3) is 0 Å². The summed E-state index contributed by atoms with van der Waals surface area (Å²) >= 11 is 3.28. The minimum Gasteiger partial charge on any atom is -0.469 e. The number of halogens is 1. The number of anilines is 2. The van der Waals surface area contributed by atoms with Crippen LogP contribution in [0.1, 0.15) is 6.42 Å². The van der Waals surface area contributed by atoms with Gasteiger partial charge in [-0.2, -0.15) is 0 Å². The van der Waals surface area contributed by atoms with E-state index in [2.05, 4.69) is 25.7 Å². The van der Waals surface area contributed by atoms with E-state index in [-0.39, 0.29) is 5.97 Å².